The first-order valence-electron chi connectivity index (χ1n) is 12.7. The lowest BCUT2D eigenvalue weighted by atomic mass is 9.76. The standard InChI is InChI=1S/C30H25F9O/c1-16(31)28(36)21-9-7-19(8-10-21)18-3-5-20(6-4-18)22-14-24(32)23(25(33)15-22)11-2-17-12-26(34)29(27(35)13-17)40-30(37,38)39/h7-10,12-15,18,20H,2-6,11H2,1H3. The van der Waals surface area contributed by atoms with Gasteiger partial charge in [-0.05, 0) is 98.2 Å². The molecule has 0 radical (unpaired) electrons. The third-order valence-corrected chi connectivity index (χ3v) is 7.24. The summed E-state index contributed by atoms with van der Waals surface area (Å²) in [5.74, 6) is -8.09. The van der Waals surface area contributed by atoms with Crippen molar-refractivity contribution in [1.29, 1.82) is 0 Å². The number of allylic oxidation sites excluding steroid dienone is 1. The smallest absolute Gasteiger partial charge is 0.399 e. The van der Waals surface area contributed by atoms with Gasteiger partial charge in [0.1, 0.15) is 17.5 Å². The summed E-state index contributed by atoms with van der Waals surface area (Å²) in [6.45, 7) is 1.05. The van der Waals surface area contributed by atoms with Gasteiger partial charge in [-0.1, -0.05) is 24.3 Å². The maximum atomic E-state index is 14.9. The Kier molecular flexibility index (Phi) is 8.85. The van der Waals surface area contributed by atoms with Gasteiger partial charge in [0, 0.05) is 11.1 Å². The second-order valence-corrected chi connectivity index (χ2v) is 9.92. The molecule has 0 atom stereocenters. The molecular formula is C30H25F9O. The lowest BCUT2D eigenvalue weighted by molar-refractivity contribution is -0.276. The van der Waals surface area contributed by atoms with E-state index in [2.05, 4.69) is 4.74 Å². The van der Waals surface area contributed by atoms with Gasteiger partial charge >= 0.3 is 6.36 Å². The van der Waals surface area contributed by atoms with Crippen LogP contribution in [0.5, 0.6) is 5.75 Å². The van der Waals surface area contributed by atoms with Gasteiger partial charge in [-0.2, -0.15) is 0 Å². The fourth-order valence-electron chi connectivity index (χ4n) is 5.20. The monoisotopic (exact) mass is 572 g/mol. The quantitative estimate of drug-likeness (QED) is 0.256. The van der Waals surface area contributed by atoms with E-state index in [0.29, 0.717) is 30.5 Å². The van der Waals surface area contributed by atoms with Crippen LogP contribution in [-0.4, -0.2) is 6.36 Å². The van der Waals surface area contributed by atoms with Crippen LogP contribution in [0.25, 0.3) is 5.83 Å². The Bertz CT molecular complexity index is 1340. The van der Waals surface area contributed by atoms with Crippen LogP contribution in [0.4, 0.5) is 39.5 Å². The summed E-state index contributed by atoms with van der Waals surface area (Å²) in [4.78, 5) is 0. The van der Waals surface area contributed by atoms with Crippen molar-refractivity contribution >= 4 is 5.83 Å². The molecule has 10 heteroatoms. The Morgan fingerprint density at radius 3 is 1.70 bits per heavy atom. The third kappa shape index (κ3) is 7.01. The highest BCUT2D eigenvalue weighted by molar-refractivity contribution is 5.60. The van der Waals surface area contributed by atoms with Gasteiger partial charge in [0.05, 0.1) is 0 Å². The molecule has 0 amide bonds. The van der Waals surface area contributed by atoms with E-state index >= 15 is 0 Å². The van der Waals surface area contributed by atoms with Crippen LogP contribution in [0.2, 0.25) is 0 Å². The van der Waals surface area contributed by atoms with Crippen LogP contribution in [0.1, 0.15) is 72.3 Å². The van der Waals surface area contributed by atoms with Gasteiger partial charge in [-0.25, -0.2) is 26.3 Å². The van der Waals surface area contributed by atoms with E-state index in [1.807, 2.05) is 0 Å². The zero-order valence-electron chi connectivity index (χ0n) is 21.3. The number of hydrogen-bond acceptors (Lipinski definition) is 1. The van der Waals surface area contributed by atoms with Crippen molar-refractivity contribution in [2.75, 3.05) is 0 Å². The lowest BCUT2D eigenvalue weighted by Gasteiger charge is -2.29. The first kappa shape index (κ1) is 29.6. The van der Waals surface area contributed by atoms with Crippen molar-refractivity contribution in [3.63, 3.8) is 0 Å². The molecule has 4 rings (SSSR count). The Hall–Kier alpha value is -3.43. The van der Waals surface area contributed by atoms with Crippen molar-refractivity contribution in [2.24, 2.45) is 0 Å². The minimum atomic E-state index is -5.28. The number of alkyl halides is 3. The number of halogens is 9. The Morgan fingerprint density at radius 2 is 1.23 bits per heavy atom. The van der Waals surface area contributed by atoms with E-state index < -0.39 is 47.0 Å². The van der Waals surface area contributed by atoms with Crippen molar-refractivity contribution in [2.45, 2.75) is 63.6 Å². The van der Waals surface area contributed by atoms with Crippen LogP contribution in [-0.2, 0) is 12.8 Å². The minimum absolute atomic E-state index is 0.0858. The summed E-state index contributed by atoms with van der Waals surface area (Å²) in [5, 5.41) is 0. The molecular weight excluding hydrogens is 547 g/mol. The normalized spacial score (nSPS) is 18.4. The van der Waals surface area contributed by atoms with Crippen LogP contribution >= 0.6 is 0 Å². The van der Waals surface area contributed by atoms with Crippen molar-refractivity contribution in [1.82, 2.24) is 0 Å². The predicted octanol–water partition coefficient (Wildman–Crippen LogP) is 10.00. The molecule has 40 heavy (non-hydrogen) atoms. The molecule has 0 aliphatic heterocycles. The molecule has 1 aliphatic carbocycles. The fraction of sp³-hybridized carbons (Fsp3) is 0.333. The van der Waals surface area contributed by atoms with Gasteiger partial charge < -0.3 is 4.74 Å². The highest BCUT2D eigenvalue weighted by atomic mass is 19.4. The molecule has 0 N–H and O–H groups in total. The van der Waals surface area contributed by atoms with Gasteiger partial charge in [0.15, 0.2) is 17.5 Å². The molecule has 1 saturated carbocycles. The summed E-state index contributed by atoms with van der Waals surface area (Å²) in [6, 6.07) is 10.3. The molecule has 0 spiro atoms. The predicted molar refractivity (Wildman–Crippen MR) is 132 cm³/mol. The number of ether oxygens (including phenoxy) is 1. The van der Waals surface area contributed by atoms with Crippen LogP contribution < -0.4 is 4.74 Å². The van der Waals surface area contributed by atoms with Crippen LogP contribution in [0.15, 0.2) is 54.4 Å². The maximum absolute atomic E-state index is 14.9. The van der Waals surface area contributed by atoms with Crippen LogP contribution in [0.3, 0.4) is 0 Å². The number of benzene rings is 3. The topological polar surface area (TPSA) is 9.23 Å². The second kappa shape index (κ2) is 12.0. The minimum Gasteiger partial charge on any atom is -0.399 e. The summed E-state index contributed by atoms with van der Waals surface area (Å²) in [6.07, 6.45) is -2.97. The fourth-order valence-corrected chi connectivity index (χ4v) is 5.20. The summed E-state index contributed by atoms with van der Waals surface area (Å²) >= 11 is 0. The molecule has 3 aromatic carbocycles. The summed E-state index contributed by atoms with van der Waals surface area (Å²) in [5.41, 5.74) is 1.25. The van der Waals surface area contributed by atoms with E-state index in [1.54, 1.807) is 12.1 Å². The number of aryl methyl sites for hydroxylation is 1. The van der Waals surface area contributed by atoms with E-state index in [-0.39, 0.29) is 41.4 Å². The molecule has 1 aliphatic rings. The lowest BCUT2D eigenvalue weighted by Crippen LogP contribution is -2.19. The first-order chi connectivity index (χ1) is 18.8. The molecule has 0 heterocycles. The first-order valence-corrected chi connectivity index (χ1v) is 12.7. The van der Waals surface area contributed by atoms with E-state index in [0.717, 1.165) is 25.3 Å². The van der Waals surface area contributed by atoms with Gasteiger partial charge in [0.2, 0.25) is 5.75 Å². The number of rotatable bonds is 7. The Labute approximate surface area is 225 Å². The Morgan fingerprint density at radius 1 is 0.725 bits per heavy atom. The van der Waals surface area contributed by atoms with Crippen LogP contribution in [0, 0.1) is 23.3 Å². The Balaban J connectivity index is 1.39. The number of hydrogen-bond donors (Lipinski definition) is 0. The highest BCUT2D eigenvalue weighted by Crippen LogP contribution is 2.41. The zero-order valence-corrected chi connectivity index (χ0v) is 21.3. The molecule has 214 valence electrons. The maximum Gasteiger partial charge on any atom is 0.573 e. The van der Waals surface area contributed by atoms with E-state index in [4.69, 9.17) is 0 Å². The summed E-state index contributed by atoms with van der Waals surface area (Å²) < 4.78 is 125. The van der Waals surface area contributed by atoms with Crippen molar-refractivity contribution in [3.05, 3.63) is 105 Å². The molecule has 3 aromatic rings. The molecule has 0 aromatic heterocycles. The molecule has 1 nitrogen and oxygen atoms in total. The van der Waals surface area contributed by atoms with Crippen molar-refractivity contribution in [3.8, 4) is 5.75 Å². The van der Waals surface area contributed by atoms with Gasteiger partial charge in [-0.3, -0.25) is 0 Å². The van der Waals surface area contributed by atoms with E-state index in [1.165, 1.54) is 24.3 Å². The molecule has 0 saturated heterocycles. The van der Waals surface area contributed by atoms with Gasteiger partial charge in [-0.15, -0.1) is 13.2 Å². The SMILES string of the molecule is CC(F)=C(F)c1ccc(C2CCC(c3cc(F)c(CCc4cc(F)c(OC(F)(F)F)c(F)c4)c(F)c3)CC2)cc1. The highest BCUT2D eigenvalue weighted by Gasteiger charge is 2.34. The zero-order chi connectivity index (χ0) is 29.2. The van der Waals surface area contributed by atoms with E-state index in [9.17, 15) is 39.5 Å². The second-order valence-electron chi connectivity index (χ2n) is 9.92. The average Bonchev–Trinajstić information content (AvgIpc) is 2.89. The molecule has 1 fully saturated rings. The third-order valence-electron chi connectivity index (χ3n) is 7.24. The molecule has 0 bridgehead atoms. The van der Waals surface area contributed by atoms with Crippen molar-refractivity contribution < 1.29 is 44.3 Å². The average molecular weight is 573 g/mol. The van der Waals surface area contributed by atoms with Gasteiger partial charge in [0.25, 0.3) is 0 Å². The summed E-state index contributed by atoms with van der Waals surface area (Å²) in [7, 11) is 0. The largest absolute Gasteiger partial charge is 0.573 e. The molecule has 0 unspecified atom stereocenters.